The monoisotopic (exact) mass is 388 g/mol. The number of Topliss-reactive ketones (excluding diaryl/α,β-unsaturated/α-hetero) is 1. The van der Waals surface area contributed by atoms with Crippen LogP contribution in [0.4, 0.5) is 9.18 Å². The van der Waals surface area contributed by atoms with Crippen molar-refractivity contribution in [3.05, 3.63) is 59.5 Å². The first-order chi connectivity index (χ1) is 12.9. The molecule has 1 fully saturated rings. The normalized spacial score (nSPS) is 13.7. The number of halogens is 1. The molecule has 0 unspecified atom stereocenters. The van der Waals surface area contributed by atoms with E-state index in [0.29, 0.717) is 29.2 Å². The molecule has 2 aromatic rings. The van der Waals surface area contributed by atoms with E-state index in [9.17, 15) is 18.8 Å². The maximum Gasteiger partial charge on any atom is 0.314 e. The molecule has 1 aromatic heterocycles. The molecule has 3 rings (SSSR count). The third kappa shape index (κ3) is 4.62. The van der Waals surface area contributed by atoms with Crippen molar-refractivity contribution in [2.45, 2.75) is 11.1 Å². The fourth-order valence-electron chi connectivity index (χ4n) is 2.54. The number of rotatable bonds is 6. The number of nitrogens with zero attached hydrogens (tertiary/aromatic N) is 2. The summed E-state index contributed by atoms with van der Waals surface area (Å²) in [5, 5.41) is 3.24. The molecule has 0 radical (unpaired) electrons. The van der Waals surface area contributed by atoms with E-state index in [1.807, 2.05) is 0 Å². The molecule has 0 spiro atoms. The average molecular weight is 388 g/mol. The van der Waals surface area contributed by atoms with Crippen molar-refractivity contribution in [2.24, 2.45) is 5.73 Å². The van der Waals surface area contributed by atoms with Crippen LogP contribution in [-0.2, 0) is 0 Å². The first kappa shape index (κ1) is 18.8. The highest BCUT2D eigenvalue weighted by molar-refractivity contribution is 8.00. The first-order valence-corrected chi connectivity index (χ1v) is 9.14. The molecule has 1 aromatic carbocycles. The van der Waals surface area contributed by atoms with E-state index in [1.54, 1.807) is 18.3 Å². The predicted octanol–water partition coefficient (Wildman–Crippen LogP) is 1.69. The van der Waals surface area contributed by atoms with E-state index in [-0.39, 0.29) is 23.5 Å². The van der Waals surface area contributed by atoms with Gasteiger partial charge in [-0.25, -0.2) is 14.2 Å². The van der Waals surface area contributed by atoms with E-state index in [4.69, 9.17) is 5.73 Å². The molecule has 3 N–H and O–H groups in total. The smallest absolute Gasteiger partial charge is 0.314 e. The molecule has 0 saturated carbocycles. The maximum atomic E-state index is 12.9. The Bertz CT molecular complexity index is 869. The van der Waals surface area contributed by atoms with Gasteiger partial charge in [0.05, 0.1) is 17.4 Å². The number of urea groups is 1. The second-order valence-electron chi connectivity index (χ2n) is 5.99. The number of thioether (sulfide) groups is 1. The minimum atomic E-state index is -0.516. The lowest BCUT2D eigenvalue weighted by molar-refractivity contribution is 0.0857. The number of hydrogen-bond acceptors (Lipinski definition) is 5. The lowest BCUT2D eigenvalue weighted by Gasteiger charge is -2.38. The van der Waals surface area contributed by atoms with Gasteiger partial charge in [0.25, 0.3) is 5.91 Å². The van der Waals surface area contributed by atoms with Gasteiger partial charge < -0.3 is 16.0 Å². The molecular weight excluding hydrogens is 371 g/mol. The molecule has 7 nitrogen and oxygen atoms in total. The van der Waals surface area contributed by atoms with E-state index >= 15 is 0 Å². The summed E-state index contributed by atoms with van der Waals surface area (Å²) in [6.07, 6.45) is 1.54. The predicted molar refractivity (Wildman–Crippen MR) is 98.1 cm³/mol. The number of amides is 3. The molecule has 0 atom stereocenters. The van der Waals surface area contributed by atoms with Crippen molar-refractivity contribution in [3.63, 3.8) is 0 Å². The molecule has 1 aliphatic heterocycles. The highest BCUT2D eigenvalue weighted by Crippen LogP contribution is 2.22. The zero-order chi connectivity index (χ0) is 19.4. The Morgan fingerprint density at radius 2 is 1.93 bits per heavy atom. The van der Waals surface area contributed by atoms with Gasteiger partial charge in [0.1, 0.15) is 10.8 Å². The van der Waals surface area contributed by atoms with Gasteiger partial charge in [0, 0.05) is 24.8 Å². The zero-order valence-electron chi connectivity index (χ0n) is 14.2. The number of benzene rings is 1. The molecule has 140 valence electrons. The summed E-state index contributed by atoms with van der Waals surface area (Å²) < 4.78 is 12.9. The lowest BCUT2D eigenvalue weighted by atomic mass is 10.1. The Labute approximate surface area is 159 Å². The molecule has 1 saturated heterocycles. The minimum absolute atomic E-state index is 0.0712. The van der Waals surface area contributed by atoms with Crippen molar-refractivity contribution in [3.8, 4) is 0 Å². The third-order valence-corrected chi connectivity index (χ3v) is 5.06. The Balaban J connectivity index is 1.60. The Morgan fingerprint density at radius 3 is 2.59 bits per heavy atom. The fraction of sp³-hybridized carbons (Fsp3) is 0.222. The number of aromatic nitrogens is 1. The number of nitrogens with two attached hydrogens (primary N) is 1. The third-order valence-electron chi connectivity index (χ3n) is 4.05. The van der Waals surface area contributed by atoms with Gasteiger partial charge in [0.2, 0.25) is 0 Å². The summed E-state index contributed by atoms with van der Waals surface area (Å²) in [5.41, 5.74) is 5.91. The summed E-state index contributed by atoms with van der Waals surface area (Å²) in [4.78, 5) is 41.3. The summed E-state index contributed by atoms with van der Waals surface area (Å²) in [6, 6.07) is 7.88. The fourth-order valence-corrected chi connectivity index (χ4v) is 3.43. The Hall–Kier alpha value is -2.94. The van der Waals surface area contributed by atoms with Gasteiger partial charge in [-0.2, -0.15) is 0 Å². The largest absolute Gasteiger partial charge is 0.351 e. The molecule has 27 heavy (non-hydrogen) atoms. The van der Waals surface area contributed by atoms with E-state index < -0.39 is 11.8 Å². The van der Waals surface area contributed by atoms with Crippen molar-refractivity contribution < 1.29 is 18.8 Å². The van der Waals surface area contributed by atoms with Crippen molar-refractivity contribution >= 4 is 29.5 Å². The van der Waals surface area contributed by atoms with Gasteiger partial charge in [-0.1, -0.05) is 11.8 Å². The van der Waals surface area contributed by atoms with Crippen LogP contribution in [-0.4, -0.2) is 52.5 Å². The van der Waals surface area contributed by atoms with Crippen LogP contribution in [0.15, 0.2) is 47.6 Å². The summed E-state index contributed by atoms with van der Waals surface area (Å²) in [6.45, 7) is 0.736. The van der Waals surface area contributed by atoms with Crippen LogP contribution in [0.25, 0.3) is 0 Å². The zero-order valence-corrected chi connectivity index (χ0v) is 15.0. The number of likely N-dealkylation sites (tertiary alicyclic amines) is 1. The van der Waals surface area contributed by atoms with Gasteiger partial charge in [-0.3, -0.25) is 9.59 Å². The molecular formula is C18H17FN4O3S. The van der Waals surface area contributed by atoms with Crippen LogP contribution in [0.3, 0.4) is 0 Å². The van der Waals surface area contributed by atoms with Gasteiger partial charge in [0.15, 0.2) is 5.78 Å². The van der Waals surface area contributed by atoms with Crippen molar-refractivity contribution in [1.29, 1.82) is 0 Å². The molecule has 1 aliphatic rings. The number of hydrogen-bond donors (Lipinski definition) is 2. The van der Waals surface area contributed by atoms with E-state index in [0.717, 1.165) is 11.8 Å². The maximum absolute atomic E-state index is 12.9. The number of carbonyl (C=O) groups excluding carboxylic acids is 3. The van der Waals surface area contributed by atoms with E-state index in [1.165, 1.54) is 29.2 Å². The van der Waals surface area contributed by atoms with Crippen LogP contribution >= 0.6 is 11.8 Å². The highest BCUT2D eigenvalue weighted by Gasteiger charge is 2.31. The molecule has 0 aliphatic carbocycles. The highest BCUT2D eigenvalue weighted by atomic mass is 32.2. The number of primary amides is 1. The summed E-state index contributed by atoms with van der Waals surface area (Å²) >= 11 is 1.14. The molecule has 3 amide bonds. The number of nitrogens with one attached hydrogen (secondary N) is 1. The Kier molecular flexibility index (Phi) is 5.70. The van der Waals surface area contributed by atoms with E-state index in [2.05, 4.69) is 10.3 Å². The molecule has 0 bridgehead atoms. The SMILES string of the molecule is NC(=O)N1CC(NC(=O)c2cccnc2SCC(=O)c2ccc(F)cc2)C1. The standard InChI is InChI=1S/C18H17FN4O3S/c19-12-5-3-11(4-6-12)15(24)10-27-17-14(2-1-7-21-17)16(25)22-13-8-23(9-13)18(20)26/h1-7,13H,8-10H2,(H2,20,26)(H,22,25). The summed E-state index contributed by atoms with van der Waals surface area (Å²) in [5.74, 6) is -0.849. The van der Waals surface area contributed by atoms with Gasteiger partial charge >= 0.3 is 6.03 Å². The quantitative estimate of drug-likeness (QED) is 0.579. The Morgan fingerprint density at radius 1 is 1.22 bits per heavy atom. The van der Waals surface area contributed by atoms with Gasteiger partial charge in [-0.15, -0.1) is 0 Å². The van der Waals surface area contributed by atoms with Crippen molar-refractivity contribution in [2.75, 3.05) is 18.8 Å². The van der Waals surface area contributed by atoms with Crippen LogP contribution in [0, 0.1) is 5.82 Å². The van der Waals surface area contributed by atoms with Crippen LogP contribution in [0.2, 0.25) is 0 Å². The lowest BCUT2D eigenvalue weighted by Crippen LogP contribution is -2.62. The number of ketones is 1. The topological polar surface area (TPSA) is 105 Å². The second-order valence-corrected chi connectivity index (χ2v) is 6.95. The van der Waals surface area contributed by atoms with Gasteiger partial charge in [-0.05, 0) is 36.4 Å². The first-order valence-electron chi connectivity index (χ1n) is 8.16. The van der Waals surface area contributed by atoms with Crippen LogP contribution < -0.4 is 11.1 Å². The second kappa shape index (κ2) is 8.17. The number of pyridine rings is 1. The number of carbonyl (C=O) groups is 3. The summed E-state index contributed by atoms with van der Waals surface area (Å²) in [7, 11) is 0. The average Bonchev–Trinajstić information content (AvgIpc) is 2.62. The minimum Gasteiger partial charge on any atom is -0.351 e. The van der Waals surface area contributed by atoms with Crippen LogP contribution in [0.1, 0.15) is 20.7 Å². The molecule has 9 heteroatoms. The van der Waals surface area contributed by atoms with Crippen molar-refractivity contribution in [1.82, 2.24) is 15.2 Å². The van der Waals surface area contributed by atoms with Crippen LogP contribution in [0.5, 0.6) is 0 Å². The molecule has 2 heterocycles.